The molecule has 4 nitrogen and oxygen atoms in total. The van der Waals surface area contributed by atoms with E-state index in [-0.39, 0.29) is 5.88 Å². The molecule has 0 aromatic rings. The molecular weight excluding hydrogens is 188 g/mol. The summed E-state index contributed by atoms with van der Waals surface area (Å²) in [6.07, 6.45) is 1.13. The average Bonchev–Trinajstić information content (AvgIpc) is 1.99. The van der Waals surface area contributed by atoms with Gasteiger partial charge in [-0.15, -0.1) is 0 Å². The van der Waals surface area contributed by atoms with E-state index in [1.165, 1.54) is 4.31 Å². The molecule has 1 rings (SSSR count). The second kappa shape index (κ2) is 4.39. The number of hydrogen-bond acceptors (Lipinski definition) is 3. The Hall–Kier alpha value is -0.130. The van der Waals surface area contributed by atoms with Crippen LogP contribution in [-0.4, -0.2) is 49.7 Å². The topological polar surface area (TPSA) is 40.6 Å². The first-order valence-corrected chi connectivity index (χ1v) is 6.41. The van der Waals surface area contributed by atoms with Crippen LogP contribution in [0.3, 0.4) is 0 Å². The van der Waals surface area contributed by atoms with Crippen molar-refractivity contribution in [3.05, 3.63) is 0 Å². The van der Waals surface area contributed by atoms with Crippen molar-refractivity contribution in [3.63, 3.8) is 0 Å². The molecule has 0 aromatic heterocycles. The summed E-state index contributed by atoms with van der Waals surface area (Å²) in [5.74, 6) is 0.203. The largest absolute Gasteiger partial charge is 0.289 e. The van der Waals surface area contributed by atoms with Gasteiger partial charge in [-0.2, -0.15) is 0 Å². The van der Waals surface area contributed by atoms with Crippen molar-refractivity contribution in [1.82, 2.24) is 9.21 Å². The molecule has 13 heavy (non-hydrogen) atoms. The number of likely N-dealkylation sites (tertiary alicyclic amines) is 1. The van der Waals surface area contributed by atoms with Gasteiger partial charge in [0.05, 0.1) is 0 Å². The third-order valence-corrected chi connectivity index (χ3v) is 4.39. The zero-order valence-electron chi connectivity index (χ0n) is 8.36. The highest BCUT2D eigenvalue weighted by Gasteiger charge is 2.25. The summed E-state index contributed by atoms with van der Waals surface area (Å²) >= 11 is 0. The molecule has 0 atom stereocenters. The molecule has 1 aliphatic heterocycles. The Labute approximate surface area is 80.6 Å². The lowest BCUT2D eigenvalue weighted by Crippen LogP contribution is -2.45. The lowest BCUT2D eigenvalue weighted by molar-refractivity contribution is 0.209. The molecule has 1 saturated heterocycles. The molecule has 0 unspecified atom stereocenters. The Bertz CT molecular complexity index is 243. The van der Waals surface area contributed by atoms with Crippen LogP contribution in [0.4, 0.5) is 0 Å². The standard InChI is InChI=1S/C8H18N2O2S/c1-3-10(4-2)13(11,12)8-9-6-5-7-9/h3-8H2,1-2H3. The predicted octanol–water partition coefficient (Wildman–Crippen LogP) is 0.321. The molecule has 1 fully saturated rings. The van der Waals surface area contributed by atoms with Gasteiger partial charge in [0.15, 0.2) is 0 Å². The Kier molecular flexibility index (Phi) is 3.70. The van der Waals surface area contributed by atoms with Gasteiger partial charge in [0.2, 0.25) is 10.0 Å². The lowest BCUT2D eigenvalue weighted by atomic mass is 10.2. The highest BCUT2D eigenvalue weighted by Crippen LogP contribution is 2.10. The summed E-state index contributed by atoms with van der Waals surface area (Å²) in [7, 11) is -3.02. The number of sulfonamides is 1. The normalized spacial score (nSPS) is 19.0. The van der Waals surface area contributed by atoms with Crippen LogP contribution >= 0.6 is 0 Å². The van der Waals surface area contributed by atoms with Gasteiger partial charge in [-0.25, -0.2) is 12.7 Å². The van der Waals surface area contributed by atoms with Crippen LogP contribution in [0, 0.1) is 0 Å². The van der Waals surface area contributed by atoms with Crippen molar-refractivity contribution < 1.29 is 8.42 Å². The fourth-order valence-electron chi connectivity index (χ4n) is 1.44. The summed E-state index contributed by atoms with van der Waals surface area (Å²) in [6, 6.07) is 0. The van der Waals surface area contributed by atoms with Crippen molar-refractivity contribution in [3.8, 4) is 0 Å². The number of rotatable bonds is 5. The van der Waals surface area contributed by atoms with E-state index in [9.17, 15) is 8.42 Å². The third kappa shape index (κ3) is 2.65. The number of hydrogen-bond donors (Lipinski definition) is 0. The van der Waals surface area contributed by atoms with Gasteiger partial charge in [-0.3, -0.25) is 4.90 Å². The van der Waals surface area contributed by atoms with E-state index in [4.69, 9.17) is 0 Å². The molecular formula is C8H18N2O2S. The van der Waals surface area contributed by atoms with Gasteiger partial charge in [-0.05, 0) is 6.42 Å². The molecule has 0 bridgehead atoms. The minimum atomic E-state index is -3.02. The highest BCUT2D eigenvalue weighted by atomic mass is 32.2. The first kappa shape index (κ1) is 10.9. The molecule has 0 aliphatic carbocycles. The summed E-state index contributed by atoms with van der Waals surface area (Å²) in [5, 5.41) is 0. The Morgan fingerprint density at radius 3 is 2.08 bits per heavy atom. The molecule has 0 saturated carbocycles. The van der Waals surface area contributed by atoms with Crippen molar-refractivity contribution >= 4 is 10.0 Å². The van der Waals surface area contributed by atoms with Crippen LogP contribution in [0.5, 0.6) is 0 Å². The van der Waals surface area contributed by atoms with E-state index >= 15 is 0 Å². The maximum Gasteiger partial charge on any atom is 0.227 e. The summed E-state index contributed by atoms with van der Waals surface area (Å²) in [5.41, 5.74) is 0. The quantitative estimate of drug-likeness (QED) is 0.650. The van der Waals surface area contributed by atoms with Gasteiger partial charge in [0, 0.05) is 26.2 Å². The zero-order valence-corrected chi connectivity index (χ0v) is 9.18. The van der Waals surface area contributed by atoms with E-state index in [0.717, 1.165) is 19.5 Å². The molecule has 0 aromatic carbocycles. The number of nitrogens with zero attached hydrogens (tertiary/aromatic N) is 2. The van der Waals surface area contributed by atoms with Crippen molar-refractivity contribution in [2.45, 2.75) is 20.3 Å². The van der Waals surface area contributed by atoms with Crippen LogP contribution in [0.2, 0.25) is 0 Å². The van der Waals surface area contributed by atoms with Gasteiger partial charge in [0.25, 0.3) is 0 Å². The third-order valence-electron chi connectivity index (χ3n) is 2.39. The molecule has 0 amide bonds. The molecule has 0 spiro atoms. The highest BCUT2D eigenvalue weighted by molar-refractivity contribution is 7.89. The summed E-state index contributed by atoms with van der Waals surface area (Å²) in [4.78, 5) is 1.97. The van der Waals surface area contributed by atoms with Crippen LogP contribution in [-0.2, 0) is 10.0 Å². The lowest BCUT2D eigenvalue weighted by Gasteiger charge is -2.32. The zero-order chi connectivity index (χ0) is 9.90. The molecule has 1 heterocycles. The Morgan fingerprint density at radius 1 is 1.23 bits per heavy atom. The smallest absolute Gasteiger partial charge is 0.227 e. The molecule has 78 valence electrons. The summed E-state index contributed by atoms with van der Waals surface area (Å²) in [6.45, 7) is 6.76. The van der Waals surface area contributed by atoms with Crippen LogP contribution in [0.15, 0.2) is 0 Å². The van der Waals surface area contributed by atoms with Crippen molar-refractivity contribution in [2.75, 3.05) is 32.1 Å². The minimum Gasteiger partial charge on any atom is -0.289 e. The van der Waals surface area contributed by atoms with Crippen molar-refractivity contribution in [2.24, 2.45) is 0 Å². The van der Waals surface area contributed by atoms with E-state index in [1.54, 1.807) is 0 Å². The van der Waals surface area contributed by atoms with E-state index in [2.05, 4.69) is 0 Å². The second-order valence-electron chi connectivity index (χ2n) is 3.30. The van der Waals surface area contributed by atoms with E-state index < -0.39 is 10.0 Å². The van der Waals surface area contributed by atoms with Gasteiger partial charge in [-0.1, -0.05) is 13.8 Å². The van der Waals surface area contributed by atoms with Crippen LogP contribution in [0.25, 0.3) is 0 Å². The predicted molar refractivity (Wildman–Crippen MR) is 52.9 cm³/mol. The van der Waals surface area contributed by atoms with Gasteiger partial charge in [0.1, 0.15) is 5.88 Å². The fraction of sp³-hybridized carbons (Fsp3) is 1.00. The first-order valence-electron chi connectivity index (χ1n) is 4.80. The monoisotopic (exact) mass is 206 g/mol. The maximum atomic E-state index is 11.7. The first-order chi connectivity index (χ1) is 6.10. The van der Waals surface area contributed by atoms with Gasteiger partial charge >= 0.3 is 0 Å². The molecule has 5 heteroatoms. The maximum absolute atomic E-state index is 11.7. The molecule has 0 radical (unpaired) electrons. The van der Waals surface area contributed by atoms with Gasteiger partial charge < -0.3 is 0 Å². The fourth-order valence-corrected chi connectivity index (χ4v) is 3.11. The molecule has 1 aliphatic rings. The Morgan fingerprint density at radius 2 is 1.77 bits per heavy atom. The minimum absolute atomic E-state index is 0.203. The average molecular weight is 206 g/mol. The van der Waals surface area contributed by atoms with E-state index in [1.807, 2.05) is 18.7 Å². The summed E-state index contributed by atoms with van der Waals surface area (Å²) < 4.78 is 24.9. The SMILES string of the molecule is CCN(CC)S(=O)(=O)CN1CCC1. The second-order valence-corrected chi connectivity index (χ2v) is 5.24. The van der Waals surface area contributed by atoms with Crippen LogP contribution < -0.4 is 0 Å². The van der Waals surface area contributed by atoms with Crippen molar-refractivity contribution in [1.29, 1.82) is 0 Å². The Balaban J connectivity index is 2.52. The molecule has 0 N–H and O–H groups in total. The van der Waals surface area contributed by atoms with Crippen LogP contribution in [0.1, 0.15) is 20.3 Å². The van der Waals surface area contributed by atoms with E-state index in [0.29, 0.717) is 13.1 Å².